The Kier molecular flexibility index (Phi) is 8.34. The van der Waals surface area contributed by atoms with Crippen LogP contribution in [0.15, 0.2) is 23.3 Å². The molecule has 3 fully saturated rings. The van der Waals surface area contributed by atoms with Gasteiger partial charge in [-0.3, -0.25) is 0 Å². The normalized spacial score (nSPS) is 40.5. The Hall–Kier alpha value is -0.600. The van der Waals surface area contributed by atoms with Gasteiger partial charge in [-0.2, -0.15) is 0 Å². The first-order valence-electron chi connectivity index (χ1n) is 15.2. The number of fused-ring (bicyclic) bond motifs is 5. The lowest BCUT2D eigenvalue weighted by atomic mass is 9.47. The fraction of sp³-hybridized carbons (Fsp3) is 0.879. The highest BCUT2D eigenvalue weighted by atomic mass is 15.1. The van der Waals surface area contributed by atoms with E-state index in [1.54, 1.807) is 5.57 Å². The molecule has 0 aromatic carbocycles. The SMILES string of the molecule is CC(C)/C(=C/CC(C)[C@H]1CC[C@H]2C3=CC[C@H]4C[C@H](N(C)C)CC[C@]4(C)[C@H]3CC[C@]12C)CCN(C)C. The van der Waals surface area contributed by atoms with E-state index in [1.807, 2.05) is 5.57 Å². The van der Waals surface area contributed by atoms with Gasteiger partial charge in [0.1, 0.15) is 0 Å². The van der Waals surface area contributed by atoms with E-state index in [9.17, 15) is 0 Å². The van der Waals surface area contributed by atoms with Crippen molar-refractivity contribution in [2.75, 3.05) is 34.7 Å². The molecule has 0 spiro atoms. The molecule has 0 bridgehead atoms. The molecular weight excluding hydrogens is 424 g/mol. The quantitative estimate of drug-likeness (QED) is 0.323. The molecule has 200 valence electrons. The molecule has 1 unspecified atom stereocenters. The number of allylic oxidation sites excluding steroid dienone is 3. The van der Waals surface area contributed by atoms with Crippen LogP contribution in [-0.2, 0) is 0 Å². The van der Waals surface area contributed by atoms with Gasteiger partial charge in [0.15, 0.2) is 0 Å². The summed E-state index contributed by atoms with van der Waals surface area (Å²) in [4.78, 5) is 4.83. The average molecular weight is 483 g/mol. The monoisotopic (exact) mass is 482 g/mol. The Bertz CT molecular complexity index is 791. The number of rotatable bonds is 8. The van der Waals surface area contributed by atoms with E-state index in [2.05, 4.69) is 84.8 Å². The first kappa shape index (κ1) is 27.4. The summed E-state index contributed by atoms with van der Waals surface area (Å²) in [6.07, 6.45) is 19.4. The maximum Gasteiger partial charge on any atom is 0.00923 e. The molecule has 0 radical (unpaired) electrons. The Morgan fingerprint density at radius 1 is 0.971 bits per heavy atom. The van der Waals surface area contributed by atoms with Crippen molar-refractivity contribution in [1.82, 2.24) is 9.80 Å². The lowest BCUT2D eigenvalue weighted by Gasteiger charge is -2.58. The van der Waals surface area contributed by atoms with Crippen molar-refractivity contribution in [3.8, 4) is 0 Å². The molecule has 8 atom stereocenters. The second kappa shape index (κ2) is 10.6. The molecule has 0 saturated heterocycles. The Labute approximate surface area is 219 Å². The van der Waals surface area contributed by atoms with Crippen molar-refractivity contribution in [2.24, 2.45) is 46.3 Å². The zero-order valence-corrected chi connectivity index (χ0v) is 24.9. The molecule has 0 amide bonds. The molecule has 0 aromatic rings. The van der Waals surface area contributed by atoms with Crippen LogP contribution >= 0.6 is 0 Å². The summed E-state index contributed by atoms with van der Waals surface area (Å²) >= 11 is 0. The highest BCUT2D eigenvalue weighted by Crippen LogP contribution is 2.67. The van der Waals surface area contributed by atoms with E-state index in [4.69, 9.17) is 0 Å². The second-order valence-electron chi connectivity index (χ2n) is 14.6. The van der Waals surface area contributed by atoms with Gasteiger partial charge in [0, 0.05) is 12.6 Å². The van der Waals surface area contributed by atoms with Crippen molar-refractivity contribution in [3.63, 3.8) is 0 Å². The van der Waals surface area contributed by atoms with E-state index in [1.165, 1.54) is 70.8 Å². The molecule has 3 saturated carbocycles. The fourth-order valence-corrected chi connectivity index (χ4v) is 9.41. The van der Waals surface area contributed by atoms with E-state index in [0.717, 1.165) is 35.6 Å². The zero-order valence-electron chi connectivity index (χ0n) is 24.9. The third kappa shape index (κ3) is 5.22. The zero-order chi connectivity index (χ0) is 25.5. The van der Waals surface area contributed by atoms with E-state index in [0.29, 0.717) is 16.7 Å². The van der Waals surface area contributed by atoms with Crippen LogP contribution in [0.4, 0.5) is 0 Å². The van der Waals surface area contributed by atoms with Gasteiger partial charge >= 0.3 is 0 Å². The molecule has 0 N–H and O–H groups in total. The van der Waals surface area contributed by atoms with Gasteiger partial charge < -0.3 is 9.80 Å². The van der Waals surface area contributed by atoms with Crippen LogP contribution in [0.1, 0.15) is 98.8 Å². The summed E-state index contributed by atoms with van der Waals surface area (Å²) in [5, 5.41) is 0. The molecule has 2 heteroatoms. The molecule has 0 aromatic heterocycles. The van der Waals surface area contributed by atoms with Crippen LogP contribution < -0.4 is 0 Å². The van der Waals surface area contributed by atoms with Gasteiger partial charge in [0.2, 0.25) is 0 Å². The van der Waals surface area contributed by atoms with Gasteiger partial charge in [-0.05, 0) is 139 Å². The number of hydrogen-bond acceptors (Lipinski definition) is 2. The summed E-state index contributed by atoms with van der Waals surface area (Å²) in [6.45, 7) is 13.9. The van der Waals surface area contributed by atoms with Crippen LogP contribution in [0.5, 0.6) is 0 Å². The number of hydrogen-bond donors (Lipinski definition) is 0. The molecule has 0 aliphatic heterocycles. The minimum absolute atomic E-state index is 0.529. The minimum atomic E-state index is 0.529. The highest BCUT2D eigenvalue weighted by Gasteiger charge is 2.58. The Morgan fingerprint density at radius 2 is 1.66 bits per heavy atom. The third-order valence-corrected chi connectivity index (χ3v) is 11.9. The van der Waals surface area contributed by atoms with Crippen LogP contribution in [-0.4, -0.2) is 50.6 Å². The van der Waals surface area contributed by atoms with Gasteiger partial charge in [0.25, 0.3) is 0 Å². The van der Waals surface area contributed by atoms with Crippen molar-refractivity contribution in [2.45, 2.75) is 105 Å². The molecule has 2 nitrogen and oxygen atoms in total. The first-order chi connectivity index (χ1) is 16.5. The Balaban J connectivity index is 1.47. The predicted molar refractivity (Wildman–Crippen MR) is 153 cm³/mol. The maximum atomic E-state index is 2.79. The Morgan fingerprint density at radius 3 is 2.31 bits per heavy atom. The minimum Gasteiger partial charge on any atom is -0.309 e. The first-order valence-corrected chi connectivity index (χ1v) is 15.2. The van der Waals surface area contributed by atoms with Crippen molar-refractivity contribution in [3.05, 3.63) is 23.3 Å². The predicted octanol–water partition coefficient (Wildman–Crippen LogP) is 8.06. The molecular formula is C33H58N2. The molecule has 4 aliphatic carbocycles. The van der Waals surface area contributed by atoms with Crippen LogP contribution in [0.2, 0.25) is 0 Å². The van der Waals surface area contributed by atoms with E-state index in [-0.39, 0.29) is 0 Å². The summed E-state index contributed by atoms with van der Waals surface area (Å²) in [7, 11) is 9.00. The third-order valence-electron chi connectivity index (χ3n) is 11.9. The molecule has 4 rings (SSSR count). The standard InChI is InChI=1S/C33H58N2/c1-23(2)25(18-21-34(6)7)11-10-24(3)29-14-15-30-28-13-12-26-22-27(35(8)9)16-19-32(26,4)31(28)17-20-33(29,30)5/h11,13,23-24,26-27,29-31H,10,12,14-22H2,1-9H3/b25-11+/t24?,26-,27+,29+,30-,31-,32-,33+/m0/s1. The van der Waals surface area contributed by atoms with Gasteiger partial charge in [-0.15, -0.1) is 0 Å². The molecule has 0 heterocycles. The van der Waals surface area contributed by atoms with Crippen LogP contribution in [0, 0.1) is 46.3 Å². The lowest BCUT2D eigenvalue weighted by molar-refractivity contribution is -0.0249. The van der Waals surface area contributed by atoms with Gasteiger partial charge in [-0.1, -0.05) is 57.9 Å². The summed E-state index contributed by atoms with van der Waals surface area (Å²) < 4.78 is 0. The van der Waals surface area contributed by atoms with Crippen molar-refractivity contribution in [1.29, 1.82) is 0 Å². The maximum absolute atomic E-state index is 2.79. The largest absolute Gasteiger partial charge is 0.309 e. The van der Waals surface area contributed by atoms with Gasteiger partial charge in [-0.25, -0.2) is 0 Å². The average Bonchev–Trinajstić information content (AvgIpc) is 3.15. The fourth-order valence-electron chi connectivity index (χ4n) is 9.41. The second-order valence-corrected chi connectivity index (χ2v) is 14.6. The number of nitrogens with zero attached hydrogens (tertiary/aromatic N) is 2. The van der Waals surface area contributed by atoms with Crippen molar-refractivity contribution < 1.29 is 0 Å². The van der Waals surface area contributed by atoms with Crippen molar-refractivity contribution >= 4 is 0 Å². The summed E-state index contributed by atoms with van der Waals surface area (Å²) in [5.41, 5.74) is 4.70. The van der Waals surface area contributed by atoms with E-state index < -0.39 is 0 Å². The molecule has 4 aliphatic rings. The summed E-state index contributed by atoms with van der Waals surface area (Å²) in [6, 6.07) is 0.801. The highest BCUT2D eigenvalue weighted by molar-refractivity contribution is 5.28. The lowest BCUT2D eigenvalue weighted by Crippen LogP contribution is -2.51. The van der Waals surface area contributed by atoms with E-state index >= 15 is 0 Å². The van der Waals surface area contributed by atoms with Gasteiger partial charge in [0.05, 0.1) is 0 Å². The topological polar surface area (TPSA) is 6.48 Å². The van der Waals surface area contributed by atoms with Crippen LogP contribution in [0.25, 0.3) is 0 Å². The molecule has 35 heavy (non-hydrogen) atoms. The smallest absolute Gasteiger partial charge is 0.00923 e. The van der Waals surface area contributed by atoms with Crippen LogP contribution in [0.3, 0.4) is 0 Å². The summed E-state index contributed by atoms with van der Waals surface area (Å²) in [5.74, 6) is 5.00.